The number of guanidine groups is 1. The number of nitrogens with two attached hydrogens (primary N) is 1. The minimum Gasteiger partial charge on any atom is -0.370 e. The number of nitrogens with zero attached hydrogens (tertiary/aromatic N) is 2. The van der Waals surface area contributed by atoms with Crippen molar-refractivity contribution < 1.29 is 0 Å². The number of aliphatic imine (C=N–C) groups is 1. The van der Waals surface area contributed by atoms with Crippen molar-refractivity contribution in [1.82, 2.24) is 10.2 Å². The number of unbranched alkanes of at least 4 members (excludes halogenated alkanes) is 1. The van der Waals surface area contributed by atoms with Crippen LogP contribution in [0.5, 0.6) is 0 Å². The van der Waals surface area contributed by atoms with Gasteiger partial charge in [-0.05, 0) is 39.4 Å². The highest BCUT2D eigenvalue weighted by molar-refractivity contribution is 14.0. The van der Waals surface area contributed by atoms with Gasteiger partial charge in [-0.15, -0.1) is 24.0 Å². The molecular formula is C13H29IN4. The quantitative estimate of drug-likeness (QED) is 0.216. The second kappa shape index (κ2) is 13.1. The maximum Gasteiger partial charge on any atom is 0.188 e. The van der Waals surface area contributed by atoms with Crippen LogP contribution in [0.15, 0.2) is 17.1 Å². The van der Waals surface area contributed by atoms with Gasteiger partial charge in [-0.25, -0.2) is 4.99 Å². The Balaban J connectivity index is 0. The minimum absolute atomic E-state index is 0. The third kappa shape index (κ3) is 12.2. The Morgan fingerprint density at radius 2 is 1.89 bits per heavy atom. The van der Waals surface area contributed by atoms with E-state index in [4.69, 9.17) is 5.73 Å². The topological polar surface area (TPSA) is 53.6 Å². The molecule has 0 atom stereocenters. The Labute approximate surface area is 129 Å². The summed E-state index contributed by atoms with van der Waals surface area (Å²) < 4.78 is 0. The summed E-state index contributed by atoms with van der Waals surface area (Å²) in [4.78, 5) is 6.59. The van der Waals surface area contributed by atoms with Gasteiger partial charge >= 0.3 is 0 Å². The summed E-state index contributed by atoms with van der Waals surface area (Å²) in [6.07, 6.45) is 2.32. The molecule has 0 heterocycles. The summed E-state index contributed by atoms with van der Waals surface area (Å²) in [7, 11) is 0. The number of hydrogen-bond donors (Lipinski definition) is 2. The van der Waals surface area contributed by atoms with Gasteiger partial charge in [-0.1, -0.05) is 26.0 Å². The molecule has 0 aromatic rings. The fraction of sp³-hybridized carbons (Fsp3) is 0.769. The molecule has 0 unspecified atom stereocenters. The second-order valence-electron chi connectivity index (χ2n) is 4.32. The normalized spacial score (nSPS) is 11.2. The highest BCUT2D eigenvalue weighted by Crippen LogP contribution is 1.93. The predicted octanol–water partition coefficient (Wildman–Crippen LogP) is 2.21. The van der Waals surface area contributed by atoms with Gasteiger partial charge in [-0.3, -0.25) is 0 Å². The summed E-state index contributed by atoms with van der Waals surface area (Å²) in [5, 5.41) is 3.12. The van der Waals surface area contributed by atoms with Crippen molar-refractivity contribution in [3.05, 3.63) is 12.2 Å². The molecule has 18 heavy (non-hydrogen) atoms. The first-order valence-electron chi connectivity index (χ1n) is 6.50. The molecule has 0 saturated carbocycles. The van der Waals surface area contributed by atoms with E-state index >= 15 is 0 Å². The molecule has 0 aliphatic rings. The highest BCUT2D eigenvalue weighted by atomic mass is 127. The van der Waals surface area contributed by atoms with Crippen LogP contribution in [0.25, 0.3) is 0 Å². The lowest BCUT2D eigenvalue weighted by atomic mass is 10.3. The molecule has 5 heteroatoms. The monoisotopic (exact) mass is 368 g/mol. The van der Waals surface area contributed by atoms with Crippen LogP contribution in [-0.4, -0.2) is 43.6 Å². The smallest absolute Gasteiger partial charge is 0.188 e. The van der Waals surface area contributed by atoms with E-state index in [0.717, 1.165) is 38.2 Å². The van der Waals surface area contributed by atoms with Gasteiger partial charge in [0.25, 0.3) is 0 Å². The zero-order valence-electron chi connectivity index (χ0n) is 12.0. The molecule has 0 amide bonds. The number of nitrogens with one attached hydrogen (secondary N) is 1. The molecule has 0 aliphatic carbocycles. The van der Waals surface area contributed by atoms with Crippen LogP contribution in [0.3, 0.4) is 0 Å². The zero-order chi connectivity index (χ0) is 13.1. The molecule has 0 aromatic carbocycles. The average Bonchev–Trinajstić information content (AvgIpc) is 2.31. The van der Waals surface area contributed by atoms with E-state index in [1.807, 2.05) is 6.92 Å². The van der Waals surface area contributed by atoms with Gasteiger partial charge in [-0.2, -0.15) is 0 Å². The molecule has 0 fully saturated rings. The average molecular weight is 368 g/mol. The Bertz CT molecular complexity index is 237. The third-order valence-electron chi connectivity index (χ3n) is 2.62. The van der Waals surface area contributed by atoms with Gasteiger partial charge in [0.05, 0.1) is 6.54 Å². The number of halogens is 1. The zero-order valence-corrected chi connectivity index (χ0v) is 14.4. The SMILES string of the molecule is C=C(C)CN=C(N)NCCCCN(CC)CC.I. The van der Waals surface area contributed by atoms with Crippen LogP contribution in [0, 0.1) is 0 Å². The standard InChI is InChI=1S/C13H28N4.HI/c1-5-17(6-2)10-8-7-9-15-13(14)16-11-12(3)4;/h3,5-11H2,1-2,4H3,(H3,14,15,16);1H. The highest BCUT2D eigenvalue weighted by Gasteiger charge is 1.98. The summed E-state index contributed by atoms with van der Waals surface area (Å²) in [5.74, 6) is 0.524. The summed E-state index contributed by atoms with van der Waals surface area (Å²) >= 11 is 0. The third-order valence-corrected chi connectivity index (χ3v) is 2.62. The molecule has 108 valence electrons. The lowest BCUT2D eigenvalue weighted by molar-refractivity contribution is 0.297. The maximum atomic E-state index is 5.70. The summed E-state index contributed by atoms with van der Waals surface area (Å²) in [6, 6.07) is 0. The van der Waals surface area contributed by atoms with E-state index in [0.29, 0.717) is 12.5 Å². The van der Waals surface area contributed by atoms with Gasteiger partial charge in [0, 0.05) is 6.54 Å². The van der Waals surface area contributed by atoms with E-state index < -0.39 is 0 Å². The van der Waals surface area contributed by atoms with Gasteiger partial charge < -0.3 is 16.0 Å². The predicted molar refractivity (Wildman–Crippen MR) is 91.7 cm³/mol. The Morgan fingerprint density at radius 1 is 1.28 bits per heavy atom. The lowest BCUT2D eigenvalue weighted by Gasteiger charge is -2.17. The first kappa shape index (κ1) is 20.0. The Hall–Kier alpha value is -0.300. The van der Waals surface area contributed by atoms with Crippen molar-refractivity contribution in [3.8, 4) is 0 Å². The first-order valence-corrected chi connectivity index (χ1v) is 6.50. The summed E-state index contributed by atoms with van der Waals surface area (Å²) in [6.45, 7) is 15.1. The van der Waals surface area contributed by atoms with Crippen LogP contribution < -0.4 is 11.1 Å². The molecular weight excluding hydrogens is 339 g/mol. The molecule has 0 rings (SSSR count). The Morgan fingerprint density at radius 3 is 2.39 bits per heavy atom. The molecule has 0 spiro atoms. The van der Waals surface area contributed by atoms with Gasteiger partial charge in [0.1, 0.15) is 0 Å². The van der Waals surface area contributed by atoms with Crippen LogP contribution in [0.4, 0.5) is 0 Å². The lowest BCUT2D eigenvalue weighted by Crippen LogP contribution is -2.33. The molecule has 0 saturated heterocycles. The molecule has 3 N–H and O–H groups in total. The number of rotatable bonds is 9. The van der Waals surface area contributed by atoms with Crippen molar-refractivity contribution >= 4 is 29.9 Å². The van der Waals surface area contributed by atoms with E-state index in [9.17, 15) is 0 Å². The Kier molecular flexibility index (Phi) is 14.6. The van der Waals surface area contributed by atoms with E-state index in [2.05, 4.69) is 35.6 Å². The fourth-order valence-electron chi connectivity index (χ4n) is 1.49. The van der Waals surface area contributed by atoms with E-state index in [-0.39, 0.29) is 24.0 Å². The van der Waals surface area contributed by atoms with Crippen LogP contribution in [0.1, 0.15) is 33.6 Å². The molecule has 0 bridgehead atoms. The van der Waals surface area contributed by atoms with Crippen LogP contribution in [0.2, 0.25) is 0 Å². The van der Waals surface area contributed by atoms with E-state index in [1.54, 1.807) is 0 Å². The molecule has 0 aromatic heterocycles. The largest absolute Gasteiger partial charge is 0.370 e. The van der Waals surface area contributed by atoms with Crippen molar-refractivity contribution in [1.29, 1.82) is 0 Å². The van der Waals surface area contributed by atoms with Crippen molar-refractivity contribution in [2.45, 2.75) is 33.6 Å². The minimum atomic E-state index is 0. The molecule has 0 radical (unpaired) electrons. The summed E-state index contributed by atoms with van der Waals surface area (Å²) in [5.41, 5.74) is 6.73. The number of hydrogen-bond acceptors (Lipinski definition) is 2. The molecule has 4 nitrogen and oxygen atoms in total. The van der Waals surface area contributed by atoms with Crippen molar-refractivity contribution in [3.63, 3.8) is 0 Å². The van der Waals surface area contributed by atoms with Gasteiger partial charge in [0.15, 0.2) is 5.96 Å². The first-order chi connectivity index (χ1) is 8.10. The van der Waals surface area contributed by atoms with Gasteiger partial charge in [0.2, 0.25) is 0 Å². The second-order valence-corrected chi connectivity index (χ2v) is 4.32. The van der Waals surface area contributed by atoms with Crippen LogP contribution >= 0.6 is 24.0 Å². The van der Waals surface area contributed by atoms with Crippen LogP contribution in [-0.2, 0) is 0 Å². The van der Waals surface area contributed by atoms with Crippen molar-refractivity contribution in [2.75, 3.05) is 32.7 Å². The van der Waals surface area contributed by atoms with E-state index in [1.165, 1.54) is 6.42 Å². The van der Waals surface area contributed by atoms with Crippen molar-refractivity contribution in [2.24, 2.45) is 10.7 Å². The molecule has 0 aliphatic heterocycles. The fourth-order valence-corrected chi connectivity index (χ4v) is 1.49. The maximum absolute atomic E-state index is 5.70.